The smallest absolute Gasteiger partial charge is 0.310 e. The molecule has 2 atom stereocenters. The Morgan fingerprint density at radius 3 is 1.18 bits per heavy atom. The second kappa shape index (κ2) is 8.62. The molecule has 0 spiro atoms. The maximum absolute atomic E-state index is 10.5. The number of carbonyl (C=O) groups is 2. The van der Waals surface area contributed by atoms with Crippen LogP contribution in [-0.4, -0.2) is 22.2 Å². The summed E-state index contributed by atoms with van der Waals surface area (Å²) in [6.45, 7) is 3.36. The molecule has 2 aromatic carbocycles. The third kappa shape index (κ3) is 5.40. The van der Waals surface area contributed by atoms with Crippen molar-refractivity contribution in [3.63, 3.8) is 0 Å². The standard InChI is InChI=1S/2C9H10O2/c2*1-7(9(10)11)8-5-3-2-4-6-8/h2*2-7H,1H3,(H,10,11). The summed E-state index contributed by atoms with van der Waals surface area (Å²) < 4.78 is 0. The maximum Gasteiger partial charge on any atom is 0.310 e. The molecule has 0 saturated carbocycles. The third-order valence-electron chi connectivity index (χ3n) is 3.34. The van der Waals surface area contributed by atoms with Gasteiger partial charge in [0.15, 0.2) is 0 Å². The van der Waals surface area contributed by atoms with Crippen LogP contribution in [0.1, 0.15) is 36.8 Å². The van der Waals surface area contributed by atoms with Gasteiger partial charge in [-0.3, -0.25) is 9.59 Å². The molecule has 0 bridgehead atoms. The van der Waals surface area contributed by atoms with Gasteiger partial charge in [0, 0.05) is 0 Å². The molecule has 0 amide bonds. The molecule has 2 unspecified atom stereocenters. The lowest BCUT2D eigenvalue weighted by Gasteiger charge is -2.04. The predicted molar refractivity (Wildman–Crippen MR) is 85.0 cm³/mol. The van der Waals surface area contributed by atoms with Crippen LogP contribution in [0.3, 0.4) is 0 Å². The number of carboxylic acid groups (broad SMARTS) is 2. The van der Waals surface area contributed by atoms with Gasteiger partial charge in [-0.25, -0.2) is 0 Å². The van der Waals surface area contributed by atoms with E-state index in [-0.39, 0.29) is 0 Å². The quantitative estimate of drug-likeness (QED) is 0.901. The van der Waals surface area contributed by atoms with Gasteiger partial charge < -0.3 is 10.2 Å². The molecule has 0 aliphatic carbocycles. The van der Waals surface area contributed by atoms with Crippen LogP contribution in [0, 0.1) is 0 Å². The van der Waals surface area contributed by atoms with Gasteiger partial charge in [-0.1, -0.05) is 60.7 Å². The second-order valence-corrected chi connectivity index (χ2v) is 4.94. The van der Waals surface area contributed by atoms with Crippen LogP contribution in [0.15, 0.2) is 60.7 Å². The van der Waals surface area contributed by atoms with Crippen LogP contribution in [-0.2, 0) is 9.59 Å². The molecule has 0 radical (unpaired) electrons. The van der Waals surface area contributed by atoms with Gasteiger partial charge in [-0.2, -0.15) is 0 Å². The van der Waals surface area contributed by atoms with Crippen molar-refractivity contribution in [2.75, 3.05) is 0 Å². The summed E-state index contributed by atoms with van der Waals surface area (Å²) in [4.78, 5) is 21.0. The zero-order chi connectivity index (χ0) is 16.5. The summed E-state index contributed by atoms with van der Waals surface area (Å²) in [5, 5.41) is 17.3. The fourth-order valence-corrected chi connectivity index (χ4v) is 1.77. The van der Waals surface area contributed by atoms with Gasteiger partial charge in [0.2, 0.25) is 0 Å². The lowest BCUT2D eigenvalue weighted by Crippen LogP contribution is -2.06. The van der Waals surface area contributed by atoms with Crippen molar-refractivity contribution in [1.29, 1.82) is 0 Å². The Bertz CT molecular complexity index is 537. The molecule has 4 heteroatoms. The normalized spacial score (nSPS) is 12.5. The van der Waals surface area contributed by atoms with E-state index in [4.69, 9.17) is 10.2 Å². The Labute approximate surface area is 130 Å². The van der Waals surface area contributed by atoms with Gasteiger partial charge in [0.25, 0.3) is 0 Å². The molecule has 22 heavy (non-hydrogen) atoms. The average Bonchev–Trinajstić information content (AvgIpc) is 2.55. The Kier molecular flexibility index (Phi) is 6.83. The van der Waals surface area contributed by atoms with E-state index in [1.165, 1.54) is 0 Å². The fourth-order valence-electron chi connectivity index (χ4n) is 1.77. The van der Waals surface area contributed by atoms with Crippen molar-refractivity contribution < 1.29 is 19.8 Å². The Balaban J connectivity index is 0.000000220. The number of aliphatic carboxylic acids is 2. The number of hydrogen-bond acceptors (Lipinski definition) is 2. The number of hydrogen-bond donors (Lipinski definition) is 2. The van der Waals surface area contributed by atoms with Crippen LogP contribution in [0.5, 0.6) is 0 Å². The topological polar surface area (TPSA) is 74.6 Å². The number of rotatable bonds is 4. The van der Waals surface area contributed by atoms with Crippen LogP contribution in [0.2, 0.25) is 0 Å². The summed E-state index contributed by atoms with van der Waals surface area (Å²) >= 11 is 0. The van der Waals surface area contributed by atoms with Gasteiger partial charge in [-0.05, 0) is 25.0 Å². The molecule has 0 aliphatic heterocycles. The first kappa shape index (κ1) is 17.4. The molecule has 116 valence electrons. The summed E-state index contributed by atoms with van der Waals surface area (Å²) in [5.41, 5.74) is 1.69. The highest BCUT2D eigenvalue weighted by molar-refractivity contribution is 5.75. The largest absolute Gasteiger partial charge is 0.481 e. The van der Waals surface area contributed by atoms with Gasteiger partial charge in [-0.15, -0.1) is 0 Å². The van der Waals surface area contributed by atoms with E-state index in [1.54, 1.807) is 13.8 Å². The Morgan fingerprint density at radius 2 is 0.955 bits per heavy atom. The van der Waals surface area contributed by atoms with Crippen molar-refractivity contribution in [2.24, 2.45) is 0 Å². The molecule has 0 heterocycles. The van der Waals surface area contributed by atoms with Crippen molar-refractivity contribution in [2.45, 2.75) is 25.7 Å². The lowest BCUT2D eigenvalue weighted by molar-refractivity contribution is -0.139. The molecule has 0 aromatic heterocycles. The summed E-state index contributed by atoms with van der Waals surface area (Å²) in [7, 11) is 0. The zero-order valence-electron chi connectivity index (χ0n) is 12.6. The summed E-state index contributed by atoms with van der Waals surface area (Å²) in [5.74, 6) is -2.38. The Morgan fingerprint density at radius 1 is 0.682 bits per heavy atom. The molecule has 2 aromatic rings. The first-order valence-corrected chi connectivity index (χ1v) is 6.99. The molecule has 2 rings (SSSR count). The van der Waals surface area contributed by atoms with E-state index in [0.29, 0.717) is 0 Å². The van der Waals surface area contributed by atoms with Crippen LogP contribution < -0.4 is 0 Å². The number of carboxylic acids is 2. The summed E-state index contributed by atoms with van der Waals surface area (Å²) in [6.07, 6.45) is 0. The minimum atomic E-state index is -0.781. The molecule has 4 nitrogen and oxygen atoms in total. The van der Waals surface area contributed by atoms with Gasteiger partial charge >= 0.3 is 11.9 Å². The van der Waals surface area contributed by atoms with Crippen LogP contribution in [0.4, 0.5) is 0 Å². The summed E-state index contributed by atoms with van der Waals surface area (Å²) in [6, 6.07) is 18.4. The highest BCUT2D eigenvalue weighted by Gasteiger charge is 2.12. The SMILES string of the molecule is CC(C(=O)O)c1ccccc1.CC(C(=O)O)c1ccccc1. The first-order chi connectivity index (χ1) is 10.4. The Hall–Kier alpha value is -2.62. The monoisotopic (exact) mass is 300 g/mol. The lowest BCUT2D eigenvalue weighted by atomic mass is 10.0. The van der Waals surface area contributed by atoms with Crippen molar-refractivity contribution in [3.05, 3.63) is 71.8 Å². The highest BCUT2D eigenvalue weighted by Crippen LogP contribution is 2.14. The molecule has 0 aliphatic rings. The van der Waals surface area contributed by atoms with Crippen molar-refractivity contribution in [1.82, 2.24) is 0 Å². The van der Waals surface area contributed by atoms with Gasteiger partial charge in [0.05, 0.1) is 11.8 Å². The minimum Gasteiger partial charge on any atom is -0.481 e. The van der Waals surface area contributed by atoms with E-state index in [2.05, 4.69) is 0 Å². The van der Waals surface area contributed by atoms with E-state index in [0.717, 1.165) is 11.1 Å². The van der Waals surface area contributed by atoms with Crippen molar-refractivity contribution >= 4 is 11.9 Å². The molecule has 2 N–H and O–H groups in total. The molecular weight excluding hydrogens is 280 g/mol. The van der Waals surface area contributed by atoms with Crippen LogP contribution >= 0.6 is 0 Å². The zero-order valence-corrected chi connectivity index (χ0v) is 12.6. The third-order valence-corrected chi connectivity index (χ3v) is 3.34. The van der Waals surface area contributed by atoms with E-state index in [1.807, 2.05) is 60.7 Å². The van der Waals surface area contributed by atoms with E-state index in [9.17, 15) is 9.59 Å². The van der Waals surface area contributed by atoms with Crippen molar-refractivity contribution in [3.8, 4) is 0 Å². The highest BCUT2D eigenvalue weighted by atomic mass is 16.4. The van der Waals surface area contributed by atoms with E-state index < -0.39 is 23.8 Å². The maximum atomic E-state index is 10.5. The van der Waals surface area contributed by atoms with Gasteiger partial charge in [0.1, 0.15) is 0 Å². The second-order valence-electron chi connectivity index (χ2n) is 4.94. The number of benzene rings is 2. The fraction of sp³-hybridized carbons (Fsp3) is 0.222. The molecule has 0 saturated heterocycles. The van der Waals surface area contributed by atoms with Crippen LogP contribution in [0.25, 0.3) is 0 Å². The first-order valence-electron chi connectivity index (χ1n) is 6.99. The minimum absolute atomic E-state index is 0.406. The predicted octanol–water partition coefficient (Wildman–Crippen LogP) is 3.75. The molecular formula is C18H20O4. The molecule has 0 fully saturated rings. The van der Waals surface area contributed by atoms with E-state index >= 15 is 0 Å². The average molecular weight is 300 g/mol.